The number of carboxylic acid groups (broad SMARTS) is 1. The molecule has 0 atom stereocenters. The molecule has 0 fully saturated rings. The van der Waals surface area contributed by atoms with Gasteiger partial charge in [-0.15, -0.1) is 0 Å². The molecule has 1 aromatic carbocycles. The summed E-state index contributed by atoms with van der Waals surface area (Å²) in [5, 5.41) is 10.2. The highest BCUT2D eigenvalue weighted by Gasteiger charge is 2.26. The number of rotatable bonds is 6. The van der Waals surface area contributed by atoms with Crippen LogP contribution in [0.2, 0.25) is 0 Å². The average Bonchev–Trinajstić information content (AvgIpc) is 2.50. The second-order valence-electron chi connectivity index (χ2n) is 7.33. The van der Waals surface area contributed by atoms with Gasteiger partial charge in [0.1, 0.15) is 5.82 Å². The SMILES string of the molecule is CCCCOc1c(C(=O)O)n(CC(C)(C)C)c(=O)c2cc(F)ccc12. The minimum absolute atomic E-state index is 0.125. The number of aromatic nitrogens is 1. The van der Waals surface area contributed by atoms with Crippen molar-refractivity contribution in [3.8, 4) is 5.75 Å². The second-order valence-corrected chi connectivity index (χ2v) is 7.33. The van der Waals surface area contributed by atoms with E-state index in [0.29, 0.717) is 12.0 Å². The van der Waals surface area contributed by atoms with Gasteiger partial charge in [-0.2, -0.15) is 0 Å². The van der Waals surface area contributed by atoms with Crippen molar-refractivity contribution in [3.63, 3.8) is 0 Å². The van der Waals surface area contributed by atoms with Gasteiger partial charge in [-0.05, 0) is 30.0 Å². The molecule has 0 amide bonds. The molecule has 2 aromatic rings. The molecule has 5 nitrogen and oxygen atoms in total. The van der Waals surface area contributed by atoms with E-state index in [0.717, 1.165) is 18.9 Å². The van der Waals surface area contributed by atoms with Crippen LogP contribution >= 0.6 is 0 Å². The summed E-state index contributed by atoms with van der Waals surface area (Å²) >= 11 is 0. The van der Waals surface area contributed by atoms with Gasteiger partial charge in [-0.3, -0.25) is 9.36 Å². The third-order valence-electron chi connectivity index (χ3n) is 3.77. The fraction of sp³-hybridized carbons (Fsp3) is 0.474. The molecule has 0 bridgehead atoms. The zero-order valence-electron chi connectivity index (χ0n) is 15.1. The number of pyridine rings is 1. The topological polar surface area (TPSA) is 68.5 Å². The first-order chi connectivity index (χ1) is 11.7. The van der Waals surface area contributed by atoms with Crippen LogP contribution < -0.4 is 10.3 Å². The maximum atomic E-state index is 13.7. The number of carboxylic acids is 1. The molecule has 0 saturated heterocycles. The zero-order valence-corrected chi connectivity index (χ0v) is 15.1. The number of carbonyl (C=O) groups is 1. The number of fused-ring (bicyclic) bond motifs is 1. The monoisotopic (exact) mass is 349 g/mol. The minimum atomic E-state index is -1.24. The quantitative estimate of drug-likeness (QED) is 0.799. The van der Waals surface area contributed by atoms with E-state index >= 15 is 0 Å². The largest absolute Gasteiger partial charge is 0.490 e. The number of nitrogens with zero attached hydrogens (tertiary/aromatic N) is 1. The van der Waals surface area contributed by atoms with Gasteiger partial charge < -0.3 is 9.84 Å². The van der Waals surface area contributed by atoms with Crippen molar-refractivity contribution >= 4 is 16.7 Å². The lowest BCUT2D eigenvalue weighted by atomic mass is 9.96. The number of unbranched alkanes of at least 4 members (excludes halogenated alkanes) is 1. The molecule has 0 aliphatic carbocycles. The van der Waals surface area contributed by atoms with E-state index < -0.39 is 17.3 Å². The van der Waals surface area contributed by atoms with E-state index in [4.69, 9.17) is 4.74 Å². The number of aromatic carboxylic acids is 1. The van der Waals surface area contributed by atoms with Crippen molar-refractivity contribution in [2.45, 2.75) is 47.1 Å². The standard InChI is InChI=1S/C19H24FNO4/c1-5-6-9-25-16-13-8-7-12(20)10-14(13)17(22)21(11-19(2,3)4)15(16)18(23)24/h7-8,10H,5-6,9,11H2,1-4H3,(H,23,24). The third kappa shape index (κ3) is 4.18. The lowest BCUT2D eigenvalue weighted by Crippen LogP contribution is -2.32. The Morgan fingerprint density at radius 3 is 2.52 bits per heavy atom. The van der Waals surface area contributed by atoms with Crippen molar-refractivity contribution in [1.82, 2.24) is 4.57 Å². The molecular formula is C19H24FNO4. The number of ether oxygens (including phenoxy) is 1. The van der Waals surface area contributed by atoms with Crippen LogP contribution in [0.1, 0.15) is 51.0 Å². The third-order valence-corrected chi connectivity index (χ3v) is 3.77. The van der Waals surface area contributed by atoms with Crippen molar-refractivity contribution in [2.24, 2.45) is 5.41 Å². The first kappa shape index (κ1) is 19.0. The highest BCUT2D eigenvalue weighted by atomic mass is 19.1. The summed E-state index contributed by atoms with van der Waals surface area (Å²) in [5.74, 6) is -1.66. The predicted octanol–water partition coefficient (Wildman–Crippen LogP) is 4.06. The molecule has 0 radical (unpaired) electrons. The molecule has 1 aromatic heterocycles. The molecule has 0 aliphatic heterocycles. The molecule has 0 unspecified atom stereocenters. The number of hydrogen-bond donors (Lipinski definition) is 1. The van der Waals surface area contributed by atoms with E-state index in [2.05, 4.69) is 0 Å². The van der Waals surface area contributed by atoms with Gasteiger partial charge in [-0.25, -0.2) is 9.18 Å². The Hall–Kier alpha value is -2.37. The number of hydrogen-bond acceptors (Lipinski definition) is 3. The minimum Gasteiger partial charge on any atom is -0.490 e. The van der Waals surface area contributed by atoms with Crippen molar-refractivity contribution in [2.75, 3.05) is 6.61 Å². The van der Waals surface area contributed by atoms with E-state index in [1.165, 1.54) is 16.7 Å². The fourth-order valence-corrected chi connectivity index (χ4v) is 2.69. The van der Waals surface area contributed by atoms with Gasteiger partial charge >= 0.3 is 5.97 Å². The Morgan fingerprint density at radius 1 is 1.28 bits per heavy atom. The van der Waals surface area contributed by atoms with Crippen LogP contribution in [-0.4, -0.2) is 22.2 Å². The first-order valence-electron chi connectivity index (χ1n) is 8.38. The van der Waals surface area contributed by atoms with Gasteiger partial charge in [0.2, 0.25) is 0 Å². The van der Waals surface area contributed by atoms with Crippen LogP contribution in [-0.2, 0) is 6.54 Å². The summed E-state index contributed by atoms with van der Waals surface area (Å²) in [6.45, 7) is 8.21. The van der Waals surface area contributed by atoms with Crippen molar-refractivity contribution in [1.29, 1.82) is 0 Å². The zero-order chi connectivity index (χ0) is 18.8. The van der Waals surface area contributed by atoms with Crippen LogP contribution in [0.3, 0.4) is 0 Å². The highest BCUT2D eigenvalue weighted by Crippen LogP contribution is 2.30. The van der Waals surface area contributed by atoms with Gasteiger partial charge in [0.05, 0.1) is 12.0 Å². The molecule has 136 valence electrons. The van der Waals surface area contributed by atoms with Crippen LogP contribution in [0.4, 0.5) is 4.39 Å². The molecule has 0 spiro atoms. The normalized spacial score (nSPS) is 11.7. The van der Waals surface area contributed by atoms with Crippen LogP contribution in [0.15, 0.2) is 23.0 Å². The van der Waals surface area contributed by atoms with Crippen LogP contribution in [0, 0.1) is 11.2 Å². The Morgan fingerprint density at radius 2 is 1.96 bits per heavy atom. The molecule has 25 heavy (non-hydrogen) atoms. The van der Waals surface area contributed by atoms with Gasteiger partial charge in [-0.1, -0.05) is 34.1 Å². The maximum absolute atomic E-state index is 13.7. The van der Waals surface area contributed by atoms with E-state index in [9.17, 15) is 19.1 Å². The summed E-state index contributed by atoms with van der Waals surface area (Å²) < 4.78 is 20.6. The smallest absolute Gasteiger partial charge is 0.356 e. The second kappa shape index (κ2) is 7.25. The van der Waals surface area contributed by atoms with Crippen LogP contribution in [0.5, 0.6) is 5.75 Å². The predicted molar refractivity (Wildman–Crippen MR) is 95.0 cm³/mol. The van der Waals surface area contributed by atoms with Crippen LogP contribution in [0.25, 0.3) is 10.8 Å². The Bertz CT molecular complexity index is 849. The first-order valence-corrected chi connectivity index (χ1v) is 8.38. The lowest BCUT2D eigenvalue weighted by molar-refractivity contribution is 0.0675. The van der Waals surface area contributed by atoms with E-state index in [-0.39, 0.29) is 28.8 Å². The number of halogens is 1. The van der Waals surface area contributed by atoms with Crippen molar-refractivity contribution in [3.05, 3.63) is 40.1 Å². The molecule has 1 N–H and O–H groups in total. The molecule has 1 heterocycles. The lowest BCUT2D eigenvalue weighted by Gasteiger charge is -2.24. The number of benzene rings is 1. The summed E-state index contributed by atoms with van der Waals surface area (Å²) in [4.78, 5) is 24.8. The highest BCUT2D eigenvalue weighted by molar-refractivity contribution is 5.98. The Kier molecular flexibility index (Phi) is 5.50. The van der Waals surface area contributed by atoms with Crippen molar-refractivity contribution < 1.29 is 19.0 Å². The fourth-order valence-electron chi connectivity index (χ4n) is 2.69. The van der Waals surface area contributed by atoms with E-state index in [1.807, 2.05) is 27.7 Å². The molecule has 0 saturated carbocycles. The van der Waals surface area contributed by atoms with Gasteiger partial charge in [0.15, 0.2) is 11.4 Å². The van der Waals surface area contributed by atoms with Gasteiger partial charge in [0, 0.05) is 11.9 Å². The maximum Gasteiger partial charge on any atom is 0.356 e. The Labute approximate surface area is 146 Å². The molecule has 0 aliphatic rings. The Balaban J connectivity index is 2.83. The molecule has 2 rings (SSSR count). The average molecular weight is 349 g/mol. The van der Waals surface area contributed by atoms with E-state index in [1.54, 1.807) is 0 Å². The molecule has 6 heteroatoms. The summed E-state index contributed by atoms with van der Waals surface area (Å²) in [6.07, 6.45) is 1.64. The molecular weight excluding hydrogens is 325 g/mol. The summed E-state index contributed by atoms with van der Waals surface area (Å²) in [5.41, 5.74) is -1.05. The van der Waals surface area contributed by atoms with Gasteiger partial charge in [0.25, 0.3) is 5.56 Å². The summed E-state index contributed by atoms with van der Waals surface area (Å²) in [7, 11) is 0. The summed E-state index contributed by atoms with van der Waals surface area (Å²) in [6, 6.07) is 3.74.